The molecule has 0 saturated heterocycles. The lowest BCUT2D eigenvalue weighted by Gasteiger charge is -2.13. The van der Waals surface area contributed by atoms with Gasteiger partial charge in [0.05, 0.1) is 5.39 Å². The summed E-state index contributed by atoms with van der Waals surface area (Å²) in [6.45, 7) is 8.36. The maximum absolute atomic E-state index is 4.65. The second kappa shape index (κ2) is 7.84. The van der Waals surface area contributed by atoms with Crippen LogP contribution in [-0.4, -0.2) is 35.1 Å². The summed E-state index contributed by atoms with van der Waals surface area (Å²) in [4.78, 5) is 11.6. The number of nitrogens with zero attached hydrogens (tertiary/aromatic N) is 2. The molecule has 0 saturated carbocycles. The zero-order chi connectivity index (χ0) is 15.2. The molecule has 1 atom stereocenters. The third-order valence-corrected chi connectivity index (χ3v) is 4.96. The second-order valence-corrected chi connectivity index (χ2v) is 7.49. The van der Waals surface area contributed by atoms with Crippen molar-refractivity contribution in [3.05, 3.63) is 10.9 Å². The Bertz CT molecular complexity index is 582. The molecule has 0 fully saturated rings. The molecular weight excluding hydrogens is 300 g/mol. The SMILES string of the molecule is CCCNc1nc(NCC(C)CSC)c2cc(C)sc2n1. The van der Waals surface area contributed by atoms with Crippen molar-refractivity contribution in [3.8, 4) is 0 Å². The summed E-state index contributed by atoms with van der Waals surface area (Å²) in [5.41, 5.74) is 0. The summed E-state index contributed by atoms with van der Waals surface area (Å²) < 4.78 is 0. The number of rotatable bonds is 8. The maximum atomic E-state index is 4.65. The largest absolute Gasteiger partial charge is 0.369 e. The van der Waals surface area contributed by atoms with Gasteiger partial charge in [-0.1, -0.05) is 13.8 Å². The van der Waals surface area contributed by atoms with Crippen molar-refractivity contribution < 1.29 is 0 Å². The topological polar surface area (TPSA) is 49.8 Å². The standard InChI is InChI=1S/C15H24N4S2/c1-5-6-16-15-18-13(17-8-10(2)9-20-4)12-7-11(3)21-14(12)19-15/h7,10H,5-6,8-9H2,1-4H3,(H2,16,17,18,19). The van der Waals surface area contributed by atoms with Crippen LogP contribution in [-0.2, 0) is 0 Å². The number of aromatic nitrogens is 2. The second-order valence-electron chi connectivity index (χ2n) is 5.34. The molecule has 2 aromatic heterocycles. The van der Waals surface area contributed by atoms with Crippen molar-refractivity contribution in [2.75, 3.05) is 35.7 Å². The van der Waals surface area contributed by atoms with Gasteiger partial charge >= 0.3 is 0 Å². The van der Waals surface area contributed by atoms with E-state index in [9.17, 15) is 0 Å². The van der Waals surface area contributed by atoms with E-state index in [1.807, 2.05) is 11.8 Å². The third-order valence-electron chi connectivity index (χ3n) is 3.12. The third kappa shape index (κ3) is 4.48. The first-order valence-corrected chi connectivity index (χ1v) is 9.60. The molecule has 1 unspecified atom stereocenters. The van der Waals surface area contributed by atoms with Crippen LogP contribution in [0, 0.1) is 12.8 Å². The molecule has 116 valence electrons. The Morgan fingerprint density at radius 2 is 2.14 bits per heavy atom. The summed E-state index contributed by atoms with van der Waals surface area (Å²) >= 11 is 3.61. The van der Waals surface area contributed by atoms with Crippen LogP contribution in [0.25, 0.3) is 10.2 Å². The van der Waals surface area contributed by atoms with E-state index in [1.165, 1.54) is 4.88 Å². The fourth-order valence-corrected chi connectivity index (χ4v) is 3.67. The molecular formula is C15H24N4S2. The van der Waals surface area contributed by atoms with Gasteiger partial charge in [-0.05, 0) is 37.3 Å². The number of nitrogens with one attached hydrogen (secondary N) is 2. The van der Waals surface area contributed by atoms with Crippen LogP contribution in [0.2, 0.25) is 0 Å². The number of thioether (sulfide) groups is 1. The van der Waals surface area contributed by atoms with Crippen LogP contribution in [0.1, 0.15) is 25.1 Å². The molecule has 2 N–H and O–H groups in total. The Kier molecular flexibility index (Phi) is 6.11. The number of anilines is 2. The van der Waals surface area contributed by atoms with E-state index in [4.69, 9.17) is 0 Å². The minimum absolute atomic E-state index is 0.622. The smallest absolute Gasteiger partial charge is 0.226 e. The summed E-state index contributed by atoms with van der Waals surface area (Å²) in [6, 6.07) is 2.17. The molecule has 0 radical (unpaired) electrons. The number of thiophene rings is 1. The average Bonchev–Trinajstić information content (AvgIpc) is 2.83. The predicted molar refractivity (Wildman–Crippen MR) is 97.0 cm³/mol. The van der Waals surface area contributed by atoms with E-state index in [1.54, 1.807) is 11.3 Å². The van der Waals surface area contributed by atoms with Gasteiger partial charge in [-0.15, -0.1) is 11.3 Å². The lowest BCUT2D eigenvalue weighted by atomic mass is 10.2. The minimum Gasteiger partial charge on any atom is -0.369 e. The van der Waals surface area contributed by atoms with Crippen molar-refractivity contribution >= 4 is 45.1 Å². The summed E-state index contributed by atoms with van der Waals surface area (Å²) in [6.07, 6.45) is 3.22. The highest BCUT2D eigenvalue weighted by atomic mass is 32.2. The van der Waals surface area contributed by atoms with Crippen LogP contribution >= 0.6 is 23.1 Å². The van der Waals surface area contributed by atoms with E-state index in [0.29, 0.717) is 5.92 Å². The normalized spacial score (nSPS) is 12.6. The van der Waals surface area contributed by atoms with Crippen molar-refractivity contribution in [1.82, 2.24) is 9.97 Å². The highest BCUT2D eigenvalue weighted by Crippen LogP contribution is 2.29. The van der Waals surface area contributed by atoms with E-state index in [0.717, 1.165) is 47.2 Å². The van der Waals surface area contributed by atoms with Crippen molar-refractivity contribution in [2.45, 2.75) is 27.2 Å². The Morgan fingerprint density at radius 3 is 2.86 bits per heavy atom. The Morgan fingerprint density at radius 1 is 1.33 bits per heavy atom. The van der Waals surface area contributed by atoms with E-state index in [2.05, 4.69) is 53.7 Å². The molecule has 0 amide bonds. The Hall–Kier alpha value is -1.01. The lowest BCUT2D eigenvalue weighted by molar-refractivity contribution is 0.700. The molecule has 0 aliphatic carbocycles. The van der Waals surface area contributed by atoms with Crippen molar-refractivity contribution in [2.24, 2.45) is 5.92 Å². The summed E-state index contributed by atoms with van der Waals surface area (Å²) in [5.74, 6) is 3.46. The maximum Gasteiger partial charge on any atom is 0.226 e. The van der Waals surface area contributed by atoms with Crippen LogP contribution < -0.4 is 10.6 Å². The molecule has 2 heterocycles. The van der Waals surface area contributed by atoms with E-state index >= 15 is 0 Å². The molecule has 0 aromatic carbocycles. The number of aryl methyl sites for hydroxylation is 1. The molecule has 21 heavy (non-hydrogen) atoms. The van der Waals surface area contributed by atoms with E-state index < -0.39 is 0 Å². The van der Waals surface area contributed by atoms with Crippen LogP contribution in [0.5, 0.6) is 0 Å². The van der Waals surface area contributed by atoms with Crippen molar-refractivity contribution in [1.29, 1.82) is 0 Å². The summed E-state index contributed by atoms with van der Waals surface area (Å²) in [7, 11) is 0. The lowest BCUT2D eigenvalue weighted by Crippen LogP contribution is -2.15. The Balaban J connectivity index is 2.21. The van der Waals surface area contributed by atoms with Gasteiger partial charge in [0.1, 0.15) is 10.6 Å². The monoisotopic (exact) mass is 324 g/mol. The first kappa shape index (κ1) is 16.4. The molecule has 2 rings (SSSR count). The quantitative estimate of drug-likeness (QED) is 0.761. The van der Waals surface area contributed by atoms with Crippen LogP contribution in [0.15, 0.2) is 6.07 Å². The van der Waals surface area contributed by atoms with Gasteiger partial charge in [0.2, 0.25) is 5.95 Å². The van der Waals surface area contributed by atoms with Gasteiger partial charge in [0.25, 0.3) is 0 Å². The average molecular weight is 325 g/mol. The minimum atomic E-state index is 0.622. The van der Waals surface area contributed by atoms with Crippen molar-refractivity contribution in [3.63, 3.8) is 0 Å². The van der Waals surface area contributed by atoms with Gasteiger partial charge in [0, 0.05) is 18.0 Å². The molecule has 0 spiro atoms. The zero-order valence-electron chi connectivity index (χ0n) is 13.2. The molecule has 4 nitrogen and oxygen atoms in total. The Labute approximate surface area is 135 Å². The molecule has 0 aliphatic rings. The van der Waals surface area contributed by atoms with E-state index in [-0.39, 0.29) is 0 Å². The number of hydrogen-bond donors (Lipinski definition) is 2. The molecule has 0 aliphatic heterocycles. The highest BCUT2D eigenvalue weighted by Gasteiger charge is 2.11. The van der Waals surface area contributed by atoms with Crippen LogP contribution in [0.3, 0.4) is 0 Å². The van der Waals surface area contributed by atoms with Crippen LogP contribution in [0.4, 0.5) is 11.8 Å². The zero-order valence-corrected chi connectivity index (χ0v) is 14.8. The van der Waals surface area contributed by atoms with Gasteiger partial charge in [-0.25, -0.2) is 4.98 Å². The van der Waals surface area contributed by atoms with Gasteiger partial charge in [-0.3, -0.25) is 0 Å². The first-order valence-electron chi connectivity index (χ1n) is 7.39. The summed E-state index contributed by atoms with van der Waals surface area (Å²) in [5, 5.41) is 7.93. The first-order chi connectivity index (χ1) is 10.1. The van der Waals surface area contributed by atoms with Gasteiger partial charge < -0.3 is 10.6 Å². The fourth-order valence-electron chi connectivity index (χ4n) is 2.11. The fraction of sp³-hybridized carbons (Fsp3) is 0.600. The molecule has 6 heteroatoms. The number of hydrogen-bond acceptors (Lipinski definition) is 6. The highest BCUT2D eigenvalue weighted by molar-refractivity contribution is 7.98. The number of fused-ring (bicyclic) bond motifs is 1. The molecule has 0 bridgehead atoms. The molecule has 2 aromatic rings. The van der Waals surface area contributed by atoms with Gasteiger partial charge in [0.15, 0.2) is 0 Å². The van der Waals surface area contributed by atoms with Gasteiger partial charge in [-0.2, -0.15) is 16.7 Å². The predicted octanol–water partition coefficient (Wildman–Crippen LogP) is 4.23.